The highest BCUT2D eigenvalue weighted by atomic mass is 19.4. The molecule has 1 atom stereocenters. The minimum Gasteiger partial charge on any atom is -0.353 e. The highest BCUT2D eigenvalue weighted by Crippen LogP contribution is 2.30. The summed E-state index contributed by atoms with van der Waals surface area (Å²) in [6, 6.07) is 6.93. The summed E-state index contributed by atoms with van der Waals surface area (Å²) in [5.41, 5.74) is 1.14. The maximum absolute atomic E-state index is 13.1. The molecule has 194 valence electrons. The number of carbonyl (C=O) groups is 1. The molecule has 11 heteroatoms. The lowest BCUT2D eigenvalue weighted by Gasteiger charge is -2.29. The van der Waals surface area contributed by atoms with E-state index >= 15 is 0 Å². The SMILES string of the molecule is C/C=C/c1cc(NC2=N/C(N3CCNC(=O)C3)=C/CC(C)C(/C=C/c3cccc(C(F)(F)F)c3)=N\2)n[nH]1. The van der Waals surface area contributed by atoms with E-state index in [4.69, 9.17) is 9.98 Å². The Morgan fingerprint density at radius 3 is 2.76 bits per heavy atom. The number of hydrogen-bond donors (Lipinski definition) is 3. The first-order chi connectivity index (χ1) is 17.7. The lowest BCUT2D eigenvalue weighted by molar-refractivity contribution is -0.137. The molecule has 1 unspecified atom stereocenters. The minimum absolute atomic E-state index is 0.0688. The Labute approximate surface area is 212 Å². The zero-order valence-corrected chi connectivity index (χ0v) is 20.5. The summed E-state index contributed by atoms with van der Waals surface area (Å²) in [6.45, 7) is 5.20. The van der Waals surface area contributed by atoms with Crippen molar-refractivity contribution in [3.63, 3.8) is 0 Å². The predicted molar refractivity (Wildman–Crippen MR) is 139 cm³/mol. The van der Waals surface area contributed by atoms with Crippen molar-refractivity contribution in [1.82, 2.24) is 20.4 Å². The second-order valence-electron chi connectivity index (χ2n) is 8.73. The van der Waals surface area contributed by atoms with Crippen LogP contribution in [0.3, 0.4) is 0 Å². The molecule has 3 heterocycles. The van der Waals surface area contributed by atoms with Gasteiger partial charge < -0.3 is 15.5 Å². The van der Waals surface area contributed by atoms with Gasteiger partial charge in [-0.05, 0) is 49.3 Å². The smallest absolute Gasteiger partial charge is 0.353 e. The number of aromatic amines is 1. The van der Waals surface area contributed by atoms with Crippen molar-refractivity contribution in [3.05, 3.63) is 71.2 Å². The molecular formula is C26H28F3N7O. The lowest BCUT2D eigenvalue weighted by Crippen LogP contribution is -2.47. The normalized spacial score (nSPS) is 23.5. The van der Waals surface area contributed by atoms with Crippen LogP contribution in [0.25, 0.3) is 12.2 Å². The van der Waals surface area contributed by atoms with E-state index in [0.29, 0.717) is 42.4 Å². The van der Waals surface area contributed by atoms with Gasteiger partial charge in [-0.1, -0.05) is 31.2 Å². The van der Waals surface area contributed by atoms with Gasteiger partial charge in [0, 0.05) is 30.8 Å². The second-order valence-corrected chi connectivity index (χ2v) is 8.73. The maximum atomic E-state index is 13.1. The number of amides is 1. The average molecular weight is 512 g/mol. The molecule has 1 fully saturated rings. The number of rotatable bonds is 5. The molecule has 2 aromatic rings. The monoisotopic (exact) mass is 511 g/mol. The van der Waals surface area contributed by atoms with Crippen molar-refractivity contribution in [2.24, 2.45) is 15.9 Å². The maximum Gasteiger partial charge on any atom is 0.416 e. The van der Waals surface area contributed by atoms with Gasteiger partial charge in [0.1, 0.15) is 5.82 Å². The van der Waals surface area contributed by atoms with E-state index < -0.39 is 11.7 Å². The summed E-state index contributed by atoms with van der Waals surface area (Å²) < 4.78 is 39.4. The Morgan fingerprint density at radius 1 is 1.16 bits per heavy atom. The highest BCUT2D eigenvalue weighted by Gasteiger charge is 2.30. The first-order valence-electron chi connectivity index (χ1n) is 11.9. The van der Waals surface area contributed by atoms with E-state index in [0.717, 1.165) is 17.8 Å². The second kappa shape index (κ2) is 11.3. The third-order valence-electron chi connectivity index (χ3n) is 5.82. The third-order valence-corrected chi connectivity index (χ3v) is 5.82. The highest BCUT2D eigenvalue weighted by molar-refractivity contribution is 6.10. The van der Waals surface area contributed by atoms with E-state index in [9.17, 15) is 18.0 Å². The van der Waals surface area contributed by atoms with Crippen LogP contribution in [-0.2, 0) is 11.0 Å². The van der Waals surface area contributed by atoms with Gasteiger partial charge in [0.25, 0.3) is 0 Å². The number of halogens is 3. The molecule has 8 nitrogen and oxygen atoms in total. The molecule has 0 spiro atoms. The van der Waals surface area contributed by atoms with E-state index in [1.54, 1.807) is 24.3 Å². The molecule has 37 heavy (non-hydrogen) atoms. The van der Waals surface area contributed by atoms with E-state index in [-0.39, 0.29) is 24.3 Å². The molecule has 0 aliphatic carbocycles. The summed E-state index contributed by atoms with van der Waals surface area (Å²) in [5, 5.41) is 13.1. The van der Waals surface area contributed by atoms with Gasteiger partial charge in [-0.25, -0.2) is 4.99 Å². The number of guanidine groups is 1. The van der Waals surface area contributed by atoms with Gasteiger partial charge in [0.15, 0.2) is 5.82 Å². The van der Waals surface area contributed by atoms with Crippen LogP contribution in [0.15, 0.2) is 64.4 Å². The van der Waals surface area contributed by atoms with E-state index in [2.05, 4.69) is 20.8 Å². The number of aliphatic imine (C=N–C) groups is 2. The summed E-state index contributed by atoms with van der Waals surface area (Å²) in [5.74, 6) is 1.23. The summed E-state index contributed by atoms with van der Waals surface area (Å²) in [6.07, 6.45) is 5.19. The number of piperazine rings is 1. The van der Waals surface area contributed by atoms with Crippen LogP contribution in [0.2, 0.25) is 0 Å². The molecule has 0 saturated carbocycles. The third kappa shape index (κ3) is 6.96. The molecule has 0 bridgehead atoms. The summed E-state index contributed by atoms with van der Waals surface area (Å²) >= 11 is 0. The van der Waals surface area contributed by atoms with Gasteiger partial charge in [0.2, 0.25) is 11.9 Å². The van der Waals surface area contributed by atoms with Gasteiger partial charge in [0.05, 0.1) is 17.8 Å². The largest absolute Gasteiger partial charge is 0.416 e. The Bertz CT molecular complexity index is 1290. The fourth-order valence-corrected chi connectivity index (χ4v) is 3.89. The average Bonchev–Trinajstić information content (AvgIpc) is 3.29. The molecule has 1 aromatic carbocycles. The number of hydrogen-bond acceptors (Lipinski definition) is 6. The number of carbonyl (C=O) groups excluding carboxylic acids is 1. The van der Waals surface area contributed by atoms with Gasteiger partial charge >= 0.3 is 6.18 Å². The van der Waals surface area contributed by atoms with E-state index in [1.807, 2.05) is 37.0 Å². The van der Waals surface area contributed by atoms with Crippen molar-refractivity contribution in [2.45, 2.75) is 26.4 Å². The van der Waals surface area contributed by atoms with Crippen molar-refractivity contribution in [1.29, 1.82) is 0 Å². The topological polar surface area (TPSA) is 97.8 Å². The zero-order chi connectivity index (χ0) is 26.4. The first-order valence-corrected chi connectivity index (χ1v) is 11.9. The molecule has 2 aliphatic rings. The van der Waals surface area contributed by atoms with Crippen molar-refractivity contribution in [3.8, 4) is 0 Å². The molecule has 3 N–H and O–H groups in total. The molecule has 2 aliphatic heterocycles. The number of allylic oxidation sites excluding steroid dienone is 3. The predicted octanol–water partition coefficient (Wildman–Crippen LogP) is 4.70. The molecule has 1 saturated heterocycles. The van der Waals surface area contributed by atoms with Crippen molar-refractivity contribution < 1.29 is 18.0 Å². The van der Waals surface area contributed by atoms with Crippen LogP contribution in [-0.4, -0.2) is 52.3 Å². The standard InChI is InChI=1S/C26H28F3N7O/c1-3-5-20-15-22(35-34-20)32-25-31-21(10-9-18-6-4-7-19(14-18)26(27,28)29)17(2)8-11-23(33-25)36-13-12-30-24(37)16-36/h3-7,9-11,14-15,17H,8,12-13,16H2,1-2H3,(H,30,37)(H2,32,33,34,35)/b5-3+,10-9+,23-11-,31-21-. The molecule has 4 rings (SSSR count). The lowest BCUT2D eigenvalue weighted by atomic mass is 9.99. The fourth-order valence-electron chi connectivity index (χ4n) is 3.89. The summed E-state index contributed by atoms with van der Waals surface area (Å²) in [4.78, 5) is 23.3. The number of alkyl halides is 3. The van der Waals surface area contributed by atoms with Gasteiger partial charge in [-0.3, -0.25) is 9.89 Å². The number of benzene rings is 1. The van der Waals surface area contributed by atoms with Crippen molar-refractivity contribution >= 4 is 35.5 Å². The fraction of sp³-hybridized carbons (Fsp3) is 0.308. The van der Waals surface area contributed by atoms with Gasteiger partial charge in [-0.15, -0.1) is 0 Å². The number of nitrogens with one attached hydrogen (secondary N) is 3. The van der Waals surface area contributed by atoms with Crippen LogP contribution in [0.1, 0.15) is 37.1 Å². The van der Waals surface area contributed by atoms with Crippen LogP contribution in [0.4, 0.5) is 19.0 Å². The Kier molecular flexibility index (Phi) is 7.90. The Balaban J connectivity index is 1.67. The first kappa shape index (κ1) is 25.9. The zero-order valence-electron chi connectivity index (χ0n) is 20.5. The molecular weight excluding hydrogens is 483 g/mol. The molecule has 1 amide bonds. The molecule has 1 aromatic heterocycles. The van der Waals surface area contributed by atoms with Crippen LogP contribution >= 0.6 is 0 Å². The van der Waals surface area contributed by atoms with Crippen LogP contribution in [0.5, 0.6) is 0 Å². The van der Waals surface area contributed by atoms with E-state index in [1.165, 1.54) is 6.07 Å². The summed E-state index contributed by atoms with van der Waals surface area (Å²) in [7, 11) is 0. The number of anilines is 1. The van der Waals surface area contributed by atoms with Gasteiger partial charge in [-0.2, -0.15) is 23.3 Å². The number of aromatic nitrogens is 2. The Morgan fingerprint density at radius 2 is 2.00 bits per heavy atom. The Hall–Kier alpha value is -4.15. The van der Waals surface area contributed by atoms with Crippen LogP contribution < -0.4 is 10.6 Å². The quantitative estimate of drug-likeness (QED) is 0.542. The van der Waals surface area contributed by atoms with Crippen molar-refractivity contribution in [2.75, 3.05) is 25.0 Å². The number of nitrogens with zero attached hydrogens (tertiary/aromatic N) is 4. The van der Waals surface area contributed by atoms with Crippen LogP contribution in [0, 0.1) is 5.92 Å². The molecule has 0 radical (unpaired) electrons. The minimum atomic E-state index is -4.42. The number of H-pyrrole nitrogens is 1.